The Morgan fingerprint density at radius 2 is 1.53 bits per heavy atom. The van der Waals surface area contributed by atoms with E-state index in [9.17, 15) is 10.2 Å². The molecule has 1 aromatic rings. The van der Waals surface area contributed by atoms with Crippen molar-refractivity contribution in [1.29, 1.82) is 0 Å². The fourth-order valence-electron chi connectivity index (χ4n) is 1.41. The fourth-order valence-corrected chi connectivity index (χ4v) is 1.82. The molecule has 1 rings (SSSR count). The number of rotatable bonds is 2. The molecule has 0 unspecified atom stereocenters. The minimum absolute atomic E-state index is 0.727. The van der Waals surface area contributed by atoms with Gasteiger partial charge in [0.1, 0.15) is 0 Å². The molecule has 0 radical (unpaired) electrons. The molecule has 0 saturated heterocycles. The standard InChI is InChI=1S/C12H18O2S/c1-11(2,13)8-5-6-10(15)9(7-8)12(3,4)14/h5-7,13-15H,1-4H3. The molecule has 0 fully saturated rings. The SMILES string of the molecule is CC(C)(O)c1ccc(S)c(C(C)(C)O)c1. The van der Waals surface area contributed by atoms with Crippen molar-refractivity contribution in [2.45, 2.75) is 43.8 Å². The van der Waals surface area contributed by atoms with Crippen LogP contribution < -0.4 is 0 Å². The van der Waals surface area contributed by atoms with Gasteiger partial charge in [-0.15, -0.1) is 12.6 Å². The first-order chi connectivity index (χ1) is 6.62. The average molecular weight is 226 g/mol. The number of benzene rings is 1. The Bertz CT molecular complexity index is 359. The van der Waals surface area contributed by atoms with E-state index in [2.05, 4.69) is 12.6 Å². The minimum Gasteiger partial charge on any atom is -0.386 e. The average Bonchev–Trinajstić information content (AvgIpc) is 2.00. The molecule has 0 heterocycles. The number of aliphatic hydroxyl groups is 2. The van der Waals surface area contributed by atoms with E-state index in [1.54, 1.807) is 39.8 Å². The van der Waals surface area contributed by atoms with Gasteiger partial charge in [-0.25, -0.2) is 0 Å². The third-order valence-corrected chi connectivity index (χ3v) is 2.75. The van der Waals surface area contributed by atoms with Gasteiger partial charge in [0.15, 0.2) is 0 Å². The zero-order chi connectivity index (χ0) is 11.9. The van der Waals surface area contributed by atoms with Crippen LogP contribution in [-0.4, -0.2) is 10.2 Å². The molecule has 0 aliphatic heterocycles. The maximum absolute atomic E-state index is 9.93. The van der Waals surface area contributed by atoms with Gasteiger partial charge in [0, 0.05) is 4.90 Å². The third-order valence-electron chi connectivity index (χ3n) is 2.36. The smallest absolute Gasteiger partial charge is 0.0851 e. The first-order valence-corrected chi connectivity index (χ1v) is 5.36. The lowest BCUT2D eigenvalue weighted by atomic mass is 9.91. The molecule has 84 valence electrons. The Balaban J connectivity index is 3.30. The van der Waals surface area contributed by atoms with E-state index in [4.69, 9.17) is 0 Å². The molecule has 2 N–H and O–H groups in total. The summed E-state index contributed by atoms with van der Waals surface area (Å²) < 4.78 is 0. The van der Waals surface area contributed by atoms with Crippen molar-refractivity contribution in [1.82, 2.24) is 0 Å². The topological polar surface area (TPSA) is 40.5 Å². The van der Waals surface area contributed by atoms with Gasteiger partial charge < -0.3 is 10.2 Å². The number of hydrogen-bond donors (Lipinski definition) is 3. The molecule has 2 nitrogen and oxygen atoms in total. The molecule has 0 atom stereocenters. The Morgan fingerprint density at radius 1 is 1.00 bits per heavy atom. The summed E-state index contributed by atoms with van der Waals surface area (Å²) in [5.74, 6) is 0. The number of thiol groups is 1. The summed E-state index contributed by atoms with van der Waals surface area (Å²) >= 11 is 4.29. The molecule has 0 aliphatic carbocycles. The fraction of sp³-hybridized carbons (Fsp3) is 0.500. The second-order valence-electron chi connectivity index (χ2n) is 4.85. The van der Waals surface area contributed by atoms with Gasteiger partial charge in [-0.3, -0.25) is 0 Å². The molecule has 0 spiro atoms. The molecule has 0 amide bonds. The second-order valence-corrected chi connectivity index (χ2v) is 5.33. The summed E-state index contributed by atoms with van der Waals surface area (Å²) in [7, 11) is 0. The van der Waals surface area contributed by atoms with E-state index >= 15 is 0 Å². The summed E-state index contributed by atoms with van der Waals surface area (Å²) in [6.07, 6.45) is 0. The van der Waals surface area contributed by atoms with Crippen molar-refractivity contribution in [3.8, 4) is 0 Å². The van der Waals surface area contributed by atoms with Crippen molar-refractivity contribution < 1.29 is 10.2 Å². The van der Waals surface area contributed by atoms with Crippen LogP contribution in [0.4, 0.5) is 0 Å². The van der Waals surface area contributed by atoms with Gasteiger partial charge in [-0.05, 0) is 51.0 Å². The Labute approximate surface area is 96.4 Å². The summed E-state index contributed by atoms with van der Waals surface area (Å²) in [5.41, 5.74) is -0.345. The van der Waals surface area contributed by atoms with Crippen LogP contribution in [0.2, 0.25) is 0 Å². The van der Waals surface area contributed by atoms with Crippen LogP contribution in [0.15, 0.2) is 23.1 Å². The van der Waals surface area contributed by atoms with E-state index in [0.29, 0.717) is 0 Å². The highest BCUT2D eigenvalue weighted by Crippen LogP contribution is 2.30. The summed E-state index contributed by atoms with van der Waals surface area (Å²) in [6, 6.07) is 5.41. The van der Waals surface area contributed by atoms with Crippen LogP contribution in [-0.2, 0) is 11.2 Å². The van der Waals surface area contributed by atoms with Gasteiger partial charge in [-0.1, -0.05) is 6.07 Å². The zero-order valence-electron chi connectivity index (χ0n) is 9.57. The molecule has 1 aromatic carbocycles. The first-order valence-electron chi connectivity index (χ1n) is 4.91. The molecule has 3 heteroatoms. The van der Waals surface area contributed by atoms with Crippen LogP contribution in [0.3, 0.4) is 0 Å². The molecule has 0 aliphatic rings. The summed E-state index contributed by atoms with van der Waals surface area (Å²) in [4.78, 5) is 0.732. The van der Waals surface area contributed by atoms with E-state index in [1.807, 2.05) is 6.07 Å². The molecule has 15 heavy (non-hydrogen) atoms. The normalized spacial score (nSPS) is 13.0. The first kappa shape index (κ1) is 12.6. The molecular formula is C12H18O2S. The van der Waals surface area contributed by atoms with Crippen LogP contribution in [0, 0.1) is 0 Å². The van der Waals surface area contributed by atoms with Crippen molar-refractivity contribution in [2.24, 2.45) is 0 Å². The summed E-state index contributed by atoms with van der Waals surface area (Å²) in [6.45, 7) is 6.84. The molecular weight excluding hydrogens is 208 g/mol. The van der Waals surface area contributed by atoms with Gasteiger partial charge in [-0.2, -0.15) is 0 Å². The highest BCUT2D eigenvalue weighted by Gasteiger charge is 2.23. The summed E-state index contributed by atoms with van der Waals surface area (Å²) in [5, 5.41) is 19.8. The van der Waals surface area contributed by atoms with Crippen molar-refractivity contribution in [3.05, 3.63) is 29.3 Å². The second kappa shape index (κ2) is 3.81. The lowest BCUT2D eigenvalue weighted by Gasteiger charge is -2.24. The lowest BCUT2D eigenvalue weighted by molar-refractivity contribution is 0.0699. The Kier molecular flexibility index (Phi) is 3.19. The van der Waals surface area contributed by atoms with E-state index in [1.165, 1.54) is 0 Å². The molecule has 0 saturated carbocycles. The highest BCUT2D eigenvalue weighted by atomic mass is 32.1. The number of hydrogen-bond acceptors (Lipinski definition) is 3. The maximum atomic E-state index is 9.93. The van der Waals surface area contributed by atoms with Crippen LogP contribution in [0.5, 0.6) is 0 Å². The zero-order valence-corrected chi connectivity index (χ0v) is 10.5. The van der Waals surface area contributed by atoms with Gasteiger partial charge in [0.2, 0.25) is 0 Å². The van der Waals surface area contributed by atoms with E-state index in [0.717, 1.165) is 16.0 Å². The van der Waals surface area contributed by atoms with Crippen molar-refractivity contribution in [3.63, 3.8) is 0 Å². The highest BCUT2D eigenvalue weighted by molar-refractivity contribution is 7.80. The van der Waals surface area contributed by atoms with Crippen molar-refractivity contribution in [2.75, 3.05) is 0 Å². The van der Waals surface area contributed by atoms with Gasteiger partial charge in [0.25, 0.3) is 0 Å². The Morgan fingerprint density at radius 3 is 1.93 bits per heavy atom. The van der Waals surface area contributed by atoms with E-state index < -0.39 is 11.2 Å². The van der Waals surface area contributed by atoms with Crippen molar-refractivity contribution >= 4 is 12.6 Å². The monoisotopic (exact) mass is 226 g/mol. The van der Waals surface area contributed by atoms with Crippen LogP contribution >= 0.6 is 12.6 Å². The molecule has 0 aromatic heterocycles. The maximum Gasteiger partial charge on any atom is 0.0851 e. The van der Waals surface area contributed by atoms with Crippen LogP contribution in [0.1, 0.15) is 38.8 Å². The third kappa shape index (κ3) is 2.97. The lowest BCUT2D eigenvalue weighted by Crippen LogP contribution is -2.20. The largest absolute Gasteiger partial charge is 0.386 e. The Hall–Kier alpha value is -0.510. The van der Waals surface area contributed by atoms with Gasteiger partial charge >= 0.3 is 0 Å². The quantitative estimate of drug-likeness (QED) is 0.678. The van der Waals surface area contributed by atoms with Gasteiger partial charge in [0.05, 0.1) is 11.2 Å². The van der Waals surface area contributed by atoms with Crippen LogP contribution in [0.25, 0.3) is 0 Å². The predicted molar refractivity (Wildman–Crippen MR) is 64.2 cm³/mol. The predicted octanol–water partition coefficient (Wildman–Crippen LogP) is 2.43. The minimum atomic E-state index is -0.946. The molecule has 0 bridgehead atoms. The van der Waals surface area contributed by atoms with E-state index in [-0.39, 0.29) is 0 Å².